The van der Waals surface area contributed by atoms with E-state index in [1.165, 1.54) is 14.0 Å². The molecule has 0 spiro atoms. The Morgan fingerprint density at radius 3 is 2.25 bits per heavy atom. The van der Waals surface area contributed by atoms with Gasteiger partial charge in [-0.2, -0.15) is 15.8 Å². The fourth-order valence-electron chi connectivity index (χ4n) is 4.78. The maximum absolute atomic E-state index is 14.7. The van der Waals surface area contributed by atoms with Crippen molar-refractivity contribution in [2.45, 2.75) is 24.7 Å². The van der Waals surface area contributed by atoms with Crippen LogP contribution in [-0.4, -0.2) is 18.8 Å². The third-order valence-corrected chi connectivity index (χ3v) is 6.21. The monoisotopic (exact) mass is 434 g/mol. The van der Waals surface area contributed by atoms with Crippen LogP contribution in [-0.2, 0) is 9.47 Å². The highest BCUT2D eigenvalue weighted by Gasteiger charge is 2.80. The molecule has 7 nitrogen and oxygen atoms in total. The molecule has 1 N–H and O–H groups in total. The lowest BCUT2D eigenvalue weighted by molar-refractivity contribution is -0.254. The highest BCUT2D eigenvalue weighted by Crippen LogP contribution is 2.69. The minimum Gasteiger partial charge on any atom is -0.497 e. The molecule has 0 amide bonds. The molecular weight excluding hydrogens is 418 g/mol. The Morgan fingerprint density at radius 1 is 1.03 bits per heavy atom. The molecule has 0 saturated carbocycles. The lowest BCUT2D eigenvalue weighted by Gasteiger charge is -2.48. The summed E-state index contributed by atoms with van der Waals surface area (Å²) in [6, 6.07) is 14.6. The molecule has 0 aliphatic carbocycles. The highest BCUT2D eigenvalue weighted by atomic mass is 19.1. The quantitative estimate of drug-likeness (QED) is 0.776. The molecule has 2 bridgehead atoms. The number of hydrogen-bond donors (Lipinski definition) is 1. The average Bonchev–Trinajstić information content (AvgIpc) is 2.98. The van der Waals surface area contributed by atoms with Gasteiger partial charge in [0.2, 0.25) is 17.1 Å². The number of halogens is 2. The predicted octanol–water partition coefficient (Wildman–Crippen LogP) is 4.10. The van der Waals surface area contributed by atoms with Crippen LogP contribution < -0.4 is 4.74 Å². The van der Waals surface area contributed by atoms with Gasteiger partial charge in [0.1, 0.15) is 23.5 Å². The van der Waals surface area contributed by atoms with E-state index < -0.39 is 51.7 Å². The van der Waals surface area contributed by atoms with Crippen molar-refractivity contribution in [1.82, 2.24) is 0 Å². The first-order valence-corrected chi connectivity index (χ1v) is 9.51. The SMILES string of the molecule is COc1ccc(C2C3(C)OC(=N)C2(C#N)C(C#N)(C#N)C(c2cc(F)ccc2F)O3)cc1. The number of fused-ring (bicyclic) bond motifs is 2. The van der Waals surface area contributed by atoms with Crippen molar-refractivity contribution in [1.29, 1.82) is 21.2 Å². The molecule has 2 heterocycles. The van der Waals surface area contributed by atoms with Gasteiger partial charge >= 0.3 is 0 Å². The third-order valence-electron chi connectivity index (χ3n) is 6.21. The summed E-state index contributed by atoms with van der Waals surface area (Å²) in [5, 5.41) is 39.3. The lowest BCUT2D eigenvalue weighted by Crippen LogP contribution is -2.57. The van der Waals surface area contributed by atoms with Crippen LogP contribution in [0.3, 0.4) is 0 Å². The molecular formula is C23H16F2N4O3. The summed E-state index contributed by atoms with van der Waals surface area (Å²) in [5.74, 6) is -4.67. The number of nitriles is 3. The van der Waals surface area contributed by atoms with Gasteiger partial charge in [0.05, 0.1) is 31.2 Å². The van der Waals surface area contributed by atoms with Crippen molar-refractivity contribution in [3.8, 4) is 24.0 Å². The van der Waals surface area contributed by atoms with Crippen LogP contribution in [0.25, 0.3) is 0 Å². The molecule has 2 aromatic rings. The second kappa shape index (κ2) is 7.02. The number of benzene rings is 2. The van der Waals surface area contributed by atoms with Gasteiger partial charge < -0.3 is 14.2 Å². The van der Waals surface area contributed by atoms with Gasteiger partial charge in [0.25, 0.3) is 0 Å². The number of hydrogen-bond acceptors (Lipinski definition) is 7. The van der Waals surface area contributed by atoms with Gasteiger partial charge in [-0.25, -0.2) is 8.78 Å². The van der Waals surface area contributed by atoms with Gasteiger partial charge in [-0.05, 0) is 35.9 Å². The summed E-state index contributed by atoms with van der Waals surface area (Å²) in [7, 11) is 1.48. The molecule has 2 saturated heterocycles. The van der Waals surface area contributed by atoms with Crippen molar-refractivity contribution in [3.05, 3.63) is 65.2 Å². The highest BCUT2D eigenvalue weighted by molar-refractivity contribution is 5.90. The zero-order chi connectivity index (χ0) is 23.3. The fourth-order valence-corrected chi connectivity index (χ4v) is 4.78. The molecule has 4 unspecified atom stereocenters. The predicted molar refractivity (Wildman–Crippen MR) is 105 cm³/mol. The van der Waals surface area contributed by atoms with E-state index in [1.807, 2.05) is 18.2 Å². The molecule has 2 aliphatic rings. The topological polar surface area (TPSA) is 123 Å². The van der Waals surface area contributed by atoms with Crippen molar-refractivity contribution >= 4 is 5.90 Å². The van der Waals surface area contributed by atoms with Crippen molar-refractivity contribution in [3.63, 3.8) is 0 Å². The van der Waals surface area contributed by atoms with Crippen molar-refractivity contribution in [2.24, 2.45) is 10.8 Å². The van der Waals surface area contributed by atoms with E-state index >= 15 is 0 Å². The first-order valence-electron chi connectivity index (χ1n) is 9.51. The number of ether oxygens (including phenoxy) is 3. The number of rotatable bonds is 3. The molecule has 32 heavy (non-hydrogen) atoms. The van der Waals surface area contributed by atoms with E-state index in [4.69, 9.17) is 19.6 Å². The smallest absolute Gasteiger partial charge is 0.218 e. The van der Waals surface area contributed by atoms with E-state index in [1.54, 1.807) is 24.3 Å². The molecule has 4 rings (SSSR count). The van der Waals surface area contributed by atoms with E-state index in [0.717, 1.165) is 18.2 Å². The average molecular weight is 434 g/mol. The van der Waals surface area contributed by atoms with Crippen LogP contribution in [0.1, 0.15) is 30.1 Å². The Kier molecular flexibility index (Phi) is 4.66. The Labute approximate surface area is 182 Å². The molecule has 160 valence electrons. The Hall–Kier alpha value is -4.00. The van der Waals surface area contributed by atoms with Gasteiger partial charge in [-0.3, -0.25) is 5.41 Å². The standard InChI is InChI=1S/C23H16F2N4O3/c1-21-18(13-3-6-15(30-2)7-4-13)23(12-28,20(29)32-21)22(10-26,11-27)19(31-21)16-9-14(24)5-8-17(16)25/h3-9,18-19,29H,1-2H3. The molecule has 2 aliphatic heterocycles. The summed E-state index contributed by atoms with van der Waals surface area (Å²) < 4.78 is 45.6. The maximum atomic E-state index is 14.7. The van der Waals surface area contributed by atoms with Gasteiger partial charge in [0, 0.05) is 12.5 Å². The summed E-state index contributed by atoms with van der Waals surface area (Å²) in [4.78, 5) is 0. The largest absolute Gasteiger partial charge is 0.497 e. The first kappa shape index (κ1) is 21.2. The van der Waals surface area contributed by atoms with Crippen LogP contribution in [0.2, 0.25) is 0 Å². The van der Waals surface area contributed by atoms with Crippen molar-refractivity contribution in [2.75, 3.05) is 7.11 Å². The van der Waals surface area contributed by atoms with Crippen LogP contribution in [0.5, 0.6) is 5.75 Å². The van der Waals surface area contributed by atoms with Gasteiger partial charge in [0.15, 0.2) is 5.41 Å². The molecule has 2 aromatic carbocycles. The van der Waals surface area contributed by atoms with Crippen LogP contribution in [0.15, 0.2) is 42.5 Å². The van der Waals surface area contributed by atoms with Gasteiger partial charge in [-0.1, -0.05) is 12.1 Å². The molecule has 9 heteroatoms. The summed E-state index contributed by atoms with van der Waals surface area (Å²) in [5.41, 5.74) is -4.55. The molecule has 0 aromatic heterocycles. The fraction of sp³-hybridized carbons (Fsp3) is 0.304. The number of nitrogens with one attached hydrogen (secondary N) is 1. The summed E-state index contributed by atoms with van der Waals surface area (Å²) in [6.45, 7) is 1.44. The minimum absolute atomic E-state index is 0.412. The maximum Gasteiger partial charge on any atom is 0.218 e. The normalized spacial score (nSPS) is 29.8. The Balaban J connectivity index is 2.03. The van der Waals surface area contributed by atoms with E-state index in [9.17, 15) is 24.6 Å². The van der Waals surface area contributed by atoms with E-state index in [-0.39, 0.29) is 0 Å². The lowest BCUT2D eigenvalue weighted by atomic mass is 9.52. The zero-order valence-corrected chi connectivity index (χ0v) is 17.0. The Morgan fingerprint density at radius 2 is 1.69 bits per heavy atom. The number of methoxy groups -OCH3 is 1. The van der Waals surface area contributed by atoms with E-state index in [0.29, 0.717) is 11.3 Å². The summed E-state index contributed by atoms with van der Waals surface area (Å²) in [6.07, 6.45) is -1.70. The molecule has 2 fully saturated rings. The summed E-state index contributed by atoms with van der Waals surface area (Å²) >= 11 is 0. The second-order valence-corrected chi connectivity index (χ2v) is 7.77. The molecule has 4 atom stereocenters. The van der Waals surface area contributed by atoms with Crippen LogP contribution >= 0.6 is 0 Å². The van der Waals surface area contributed by atoms with Gasteiger partial charge in [-0.15, -0.1) is 0 Å². The van der Waals surface area contributed by atoms with Crippen LogP contribution in [0, 0.1) is 61.9 Å². The first-order chi connectivity index (χ1) is 15.2. The Bertz CT molecular complexity index is 1230. The second-order valence-electron chi connectivity index (χ2n) is 7.77. The minimum atomic E-state index is -2.42. The van der Waals surface area contributed by atoms with E-state index in [2.05, 4.69) is 0 Å². The third kappa shape index (κ3) is 2.48. The van der Waals surface area contributed by atoms with Crippen LogP contribution in [0.4, 0.5) is 8.78 Å². The van der Waals surface area contributed by atoms with Crippen molar-refractivity contribution < 1.29 is 23.0 Å². The zero-order valence-electron chi connectivity index (χ0n) is 17.0. The number of nitrogens with zero attached hydrogens (tertiary/aromatic N) is 3. The molecule has 0 radical (unpaired) electrons.